The lowest BCUT2D eigenvalue weighted by Gasteiger charge is -2.25. The number of hydrogen-bond donors (Lipinski definition) is 0. The zero-order chi connectivity index (χ0) is 20.6. The number of pyridine rings is 1. The fourth-order valence-corrected chi connectivity index (χ4v) is 3.37. The summed E-state index contributed by atoms with van der Waals surface area (Å²) in [7, 11) is 3.69. The van der Waals surface area contributed by atoms with Crippen LogP contribution in [0.3, 0.4) is 0 Å². The van der Waals surface area contributed by atoms with E-state index in [-0.39, 0.29) is 0 Å². The first-order chi connectivity index (χ1) is 13.1. The van der Waals surface area contributed by atoms with Gasteiger partial charge in [-0.25, -0.2) is 9.78 Å². The molecule has 0 unspecified atom stereocenters. The van der Waals surface area contributed by atoms with Gasteiger partial charge in [0.25, 0.3) is 0 Å². The summed E-state index contributed by atoms with van der Waals surface area (Å²) >= 11 is 12.5. The summed E-state index contributed by atoms with van der Waals surface area (Å²) in [6, 6.07) is 12.8. The molecule has 6 heteroatoms. The van der Waals surface area contributed by atoms with Gasteiger partial charge < -0.3 is 9.64 Å². The van der Waals surface area contributed by atoms with E-state index in [0.29, 0.717) is 27.0 Å². The van der Waals surface area contributed by atoms with Gasteiger partial charge in [-0.15, -0.1) is 0 Å². The third-order valence-electron chi connectivity index (χ3n) is 4.07. The van der Waals surface area contributed by atoms with Crippen LogP contribution in [0.4, 0.5) is 5.82 Å². The molecule has 0 radical (unpaired) electrons. The molecule has 146 valence electrons. The predicted molar refractivity (Wildman–Crippen MR) is 117 cm³/mol. The molecular weight excluding hydrogens is 395 g/mol. The Balaban J connectivity index is 2.45. The number of fused-ring (bicyclic) bond motifs is 1. The lowest BCUT2D eigenvalue weighted by atomic mass is 9.95. The summed E-state index contributed by atoms with van der Waals surface area (Å²) in [5, 5.41) is 1.90. The molecule has 2 aromatic carbocycles. The molecule has 0 saturated carbocycles. The largest absolute Gasteiger partial charge is 0.456 e. The monoisotopic (exact) mass is 416 g/mol. The average Bonchev–Trinajstić information content (AvgIpc) is 2.58. The molecule has 0 aliphatic carbocycles. The minimum Gasteiger partial charge on any atom is -0.456 e. The van der Waals surface area contributed by atoms with Crippen molar-refractivity contribution >= 4 is 45.9 Å². The molecule has 0 atom stereocenters. The number of rotatable bonds is 3. The van der Waals surface area contributed by atoms with Gasteiger partial charge in [-0.05, 0) is 56.7 Å². The van der Waals surface area contributed by atoms with Crippen molar-refractivity contribution in [1.82, 2.24) is 4.98 Å². The molecule has 0 spiro atoms. The van der Waals surface area contributed by atoms with E-state index in [2.05, 4.69) is 0 Å². The van der Waals surface area contributed by atoms with Gasteiger partial charge in [0.1, 0.15) is 17.0 Å². The predicted octanol–water partition coefficient (Wildman–Crippen LogP) is 6.23. The normalized spacial score (nSPS) is 11.5. The Kier molecular flexibility index (Phi) is 5.55. The van der Waals surface area contributed by atoms with Crippen LogP contribution in [0.5, 0.6) is 0 Å². The summed E-state index contributed by atoms with van der Waals surface area (Å²) in [6.45, 7) is 5.51. The van der Waals surface area contributed by atoms with Crippen LogP contribution in [0, 0.1) is 0 Å². The number of anilines is 1. The van der Waals surface area contributed by atoms with E-state index in [1.165, 1.54) is 0 Å². The molecule has 0 aliphatic heterocycles. The van der Waals surface area contributed by atoms with Crippen molar-refractivity contribution in [3.8, 4) is 11.1 Å². The second-order valence-electron chi connectivity index (χ2n) is 7.75. The number of halogens is 2. The van der Waals surface area contributed by atoms with Gasteiger partial charge in [0.15, 0.2) is 0 Å². The molecule has 1 aromatic heterocycles. The van der Waals surface area contributed by atoms with E-state index in [0.717, 1.165) is 16.5 Å². The Hall–Kier alpha value is -2.30. The zero-order valence-corrected chi connectivity index (χ0v) is 18.0. The van der Waals surface area contributed by atoms with Gasteiger partial charge in [-0.2, -0.15) is 0 Å². The number of carbonyl (C=O) groups is 1. The van der Waals surface area contributed by atoms with E-state index >= 15 is 0 Å². The van der Waals surface area contributed by atoms with Crippen molar-refractivity contribution < 1.29 is 9.53 Å². The van der Waals surface area contributed by atoms with Crippen LogP contribution >= 0.6 is 23.2 Å². The van der Waals surface area contributed by atoms with Gasteiger partial charge in [0.05, 0.1) is 5.52 Å². The molecule has 3 aromatic rings. The second kappa shape index (κ2) is 7.61. The molecule has 0 fully saturated rings. The Morgan fingerprint density at radius 1 is 1.04 bits per heavy atom. The van der Waals surface area contributed by atoms with Crippen LogP contribution in [0.25, 0.3) is 22.0 Å². The smallest absolute Gasteiger partial charge is 0.343 e. The van der Waals surface area contributed by atoms with Gasteiger partial charge in [0.2, 0.25) is 0 Å². The van der Waals surface area contributed by atoms with E-state index in [1.54, 1.807) is 17.0 Å². The molecule has 28 heavy (non-hydrogen) atoms. The summed E-state index contributed by atoms with van der Waals surface area (Å²) in [5.74, 6) is 0.0830. The first-order valence-electron chi connectivity index (χ1n) is 8.86. The Labute approximate surface area is 175 Å². The van der Waals surface area contributed by atoms with Crippen molar-refractivity contribution in [2.75, 3.05) is 19.0 Å². The van der Waals surface area contributed by atoms with Gasteiger partial charge in [0, 0.05) is 35.1 Å². The van der Waals surface area contributed by atoms with Crippen LogP contribution in [0.2, 0.25) is 10.0 Å². The van der Waals surface area contributed by atoms with Crippen LogP contribution in [-0.2, 0) is 4.74 Å². The van der Waals surface area contributed by atoms with Crippen molar-refractivity contribution in [1.29, 1.82) is 0 Å². The molecule has 3 rings (SSSR count). The summed E-state index contributed by atoms with van der Waals surface area (Å²) in [6.07, 6.45) is 0. The fraction of sp³-hybridized carbons (Fsp3) is 0.273. The number of ether oxygens (including phenoxy) is 1. The maximum Gasteiger partial charge on any atom is 0.343 e. The fourth-order valence-electron chi connectivity index (χ4n) is 3.01. The van der Waals surface area contributed by atoms with E-state index in [9.17, 15) is 4.79 Å². The second-order valence-corrected chi connectivity index (χ2v) is 8.63. The number of aromatic nitrogens is 1. The van der Waals surface area contributed by atoms with E-state index in [4.69, 9.17) is 32.9 Å². The van der Waals surface area contributed by atoms with Crippen LogP contribution in [-0.4, -0.2) is 30.6 Å². The average molecular weight is 417 g/mol. The third-order valence-corrected chi connectivity index (χ3v) is 4.54. The summed E-state index contributed by atoms with van der Waals surface area (Å²) < 4.78 is 5.71. The number of carbonyl (C=O) groups excluding carboxylic acids is 1. The van der Waals surface area contributed by atoms with Gasteiger partial charge in [-0.1, -0.05) is 35.3 Å². The highest BCUT2D eigenvalue weighted by atomic mass is 35.5. The van der Waals surface area contributed by atoms with Crippen molar-refractivity contribution in [2.45, 2.75) is 26.4 Å². The Bertz CT molecular complexity index is 1060. The molecule has 4 nitrogen and oxygen atoms in total. The molecule has 0 aliphatic rings. The lowest BCUT2D eigenvalue weighted by molar-refractivity contribution is 0.00711. The molecule has 0 saturated heterocycles. The maximum atomic E-state index is 13.2. The minimum absolute atomic E-state index is 0.386. The number of benzene rings is 2. The van der Waals surface area contributed by atoms with Crippen molar-refractivity contribution in [3.63, 3.8) is 0 Å². The number of esters is 1. The highest BCUT2D eigenvalue weighted by molar-refractivity contribution is 6.32. The molecular formula is C22H22Cl2N2O2. The van der Waals surface area contributed by atoms with Crippen LogP contribution in [0.1, 0.15) is 31.1 Å². The van der Waals surface area contributed by atoms with Crippen LogP contribution < -0.4 is 4.90 Å². The molecule has 0 bridgehead atoms. The maximum absolute atomic E-state index is 13.2. The highest BCUT2D eigenvalue weighted by Crippen LogP contribution is 2.39. The first-order valence-corrected chi connectivity index (χ1v) is 9.62. The minimum atomic E-state index is -0.643. The summed E-state index contributed by atoms with van der Waals surface area (Å²) in [5.41, 5.74) is 1.97. The van der Waals surface area contributed by atoms with E-state index in [1.807, 2.05) is 65.2 Å². The summed E-state index contributed by atoms with van der Waals surface area (Å²) in [4.78, 5) is 19.8. The SMILES string of the molecule is CN(C)c1nc2ccc(Cl)cc2c(-c2cccc(Cl)c2)c1C(=O)OC(C)(C)C. The first kappa shape index (κ1) is 20.4. The number of nitrogens with zero attached hydrogens (tertiary/aromatic N) is 2. The van der Waals surface area contributed by atoms with Crippen molar-refractivity contribution in [2.24, 2.45) is 0 Å². The van der Waals surface area contributed by atoms with Gasteiger partial charge in [-0.3, -0.25) is 0 Å². The topological polar surface area (TPSA) is 42.4 Å². The van der Waals surface area contributed by atoms with E-state index < -0.39 is 11.6 Å². The zero-order valence-electron chi connectivity index (χ0n) is 16.5. The molecule has 0 N–H and O–H groups in total. The van der Waals surface area contributed by atoms with Crippen LogP contribution in [0.15, 0.2) is 42.5 Å². The quantitative estimate of drug-likeness (QED) is 0.474. The highest BCUT2D eigenvalue weighted by Gasteiger charge is 2.28. The third kappa shape index (κ3) is 4.23. The number of hydrogen-bond acceptors (Lipinski definition) is 4. The lowest BCUT2D eigenvalue weighted by Crippen LogP contribution is -2.26. The molecule has 0 amide bonds. The molecule has 1 heterocycles. The van der Waals surface area contributed by atoms with Crippen molar-refractivity contribution in [3.05, 3.63) is 58.1 Å². The Morgan fingerprint density at radius 3 is 2.32 bits per heavy atom. The standard InChI is InChI=1S/C22H22Cl2N2O2/c1-22(2,3)28-21(27)19-18(13-7-6-8-14(23)11-13)16-12-15(24)9-10-17(16)25-20(19)26(4)5/h6-12H,1-5H3. The Morgan fingerprint density at radius 2 is 1.71 bits per heavy atom. The van der Waals surface area contributed by atoms with Gasteiger partial charge >= 0.3 is 5.97 Å².